The average molecular weight is 306 g/mol. The third kappa shape index (κ3) is 2.29. The molecule has 0 amide bonds. The van der Waals surface area contributed by atoms with E-state index in [0.717, 1.165) is 22.0 Å². The highest BCUT2D eigenvalue weighted by Gasteiger charge is 2.13. The first-order valence-corrected chi connectivity index (χ1v) is 7.44. The summed E-state index contributed by atoms with van der Waals surface area (Å²) in [5.74, 6) is -1.72. The zero-order chi connectivity index (χ0) is 19.4. The lowest BCUT2D eigenvalue weighted by Gasteiger charge is -2.06. The Bertz CT molecular complexity index is 1140. The number of nitrogens with zero attached hydrogens (tertiary/aromatic N) is 2. The maximum atomic E-state index is 8.19. The first-order valence-electron chi connectivity index (χ1n) is 9.44. The Morgan fingerprint density at radius 3 is 2.83 bits per heavy atom. The van der Waals surface area contributed by atoms with Gasteiger partial charge in [0, 0.05) is 33.7 Å². The number of benzene rings is 1. The topological polar surface area (TPSA) is 38.9 Å². The Balaban J connectivity index is 1.84. The van der Waals surface area contributed by atoms with Crippen LogP contribution in [0.5, 0.6) is 0 Å². The molecule has 0 saturated heterocycles. The Labute approximate surface area is 140 Å². The van der Waals surface area contributed by atoms with E-state index in [4.69, 9.17) is 9.90 Å². The molecular formula is C20H18N2O. The lowest BCUT2D eigenvalue weighted by Crippen LogP contribution is -1.90. The number of pyridine rings is 2. The van der Waals surface area contributed by atoms with Crippen LogP contribution >= 0.6 is 0 Å². The van der Waals surface area contributed by atoms with Crippen molar-refractivity contribution in [1.29, 1.82) is 0 Å². The van der Waals surface area contributed by atoms with E-state index in [9.17, 15) is 0 Å². The Morgan fingerprint density at radius 2 is 2.04 bits per heavy atom. The zero-order valence-electron chi connectivity index (χ0n) is 16.9. The fraction of sp³-hybridized carbons (Fsp3) is 0.200. The lowest BCUT2D eigenvalue weighted by atomic mass is 10.0. The van der Waals surface area contributed by atoms with Crippen LogP contribution in [-0.4, -0.2) is 9.97 Å². The third-order valence-corrected chi connectivity index (χ3v) is 3.98. The minimum Gasteiger partial charge on any atom is -0.437 e. The predicted octanol–water partition coefficient (Wildman–Crippen LogP) is 5.47. The molecule has 3 heteroatoms. The molecule has 1 aromatic carbocycles. The van der Waals surface area contributed by atoms with Gasteiger partial charge in [-0.1, -0.05) is 32.0 Å². The van der Waals surface area contributed by atoms with E-state index >= 15 is 0 Å². The maximum absolute atomic E-state index is 8.19. The Kier molecular flexibility index (Phi) is 2.30. The van der Waals surface area contributed by atoms with Gasteiger partial charge in [-0.3, -0.25) is 4.98 Å². The Hall–Kier alpha value is -2.68. The number of rotatable bonds is 2. The molecule has 0 bridgehead atoms. The smallest absolute Gasteiger partial charge is 0.227 e. The standard InChI is InChI=1S/C20H18N2O/c1-12(2)14-8-10-18(21-11-14)17-6-4-5-15-16-9-7-13(3)22-20(16)23-19(15)17/h4-12H,1-3H3/i1D3,12D. The van der Waals surface area contributed by atoms with Gasteiger partial charge in [-0.25, -0.2) is 4.98 Å². The normalized spacial score (nSPS) is 17.3. The highest BCUT2D eigenvalue weighted by atomic mass is 16.3. The summed E-state index contributed by atoms with van der Waals surface area (Å²) in [7, 11) is 0. The first-order chi connectivity index (χ1) is 12.7. The minimum atomic E-state index is -2.43. The van der Waals surface area contributed by atoms with Crippen LogP contribution in [0.2, 0.25) is 0 Å². The maximum Gasteiger partial charge on any atom is 0.227 e. The van der Waals surface area contributed by atoms with Crippen LogP contribution < -0.4 is 0 Å². The number of hydrogen-bond acceptors (Lipinski definition) is 3. The second-order valence-corrected chi connectivity index (χ2v) is 5.65. The van der Waals surface area contributed by atoms with Gasteiger partial charge in [-0.05, 0) is 42.6 Å². The first kappa shape index (κ1) is 10.2. The largest absolute Gasteiger partial charge is 0.437 e. The zero-order valence-corrected chi connectivity index (χ0v) is 12.9. The van der Waals surface area contributed by atoms with Crippen LogP contribution in [0.3, 0.4) is 0 Å². The number of aromatic nitrogens is 2. The molecule has 3 nitrogen and oxygen atoms in total. The summed E-state index contributed by atoms with van der Waals surface area (Å²) in [6, 6.07) is 13.1. The molecule has 1 unspecified atom stereocenters. The number of hydrogen-bond donors (Lipinski definition) is 0. The molecule has 0 radical (unpaired) electrons. The molecule has 3 aromatic heterocycles. The quantitative estimate of drug-likeness (QED) is 0.492. The second kappa shape index (κ2) is 5.20. The van der Waals surface area contributed by atoms with E-state index < -0.39 is 12.7 Å². The van der Waals surface area contributed by atoms with Gasteiger partial charge in [0.25, 0.3) is 0 Å². The van der Waals surface area contributed by atoms with Crippen LogP contribution in [0.15, 0.2) is 53.1 Å². The summed E-state index contributed by atoms with van der Waals surface area (Å²) in [6.45, 7) is 0.861. The van der Waals surface area contributed by atoms with Gasteiger partial charge in [-0.15, -0.1) is 0 Å². The van der Waals surface area contributed by atoms with Gasteiger partial charge in [0.2, 0.25) is 5.71 Å². The van der Waals surface area contributed by atoms with Gasteiger partial charge in [-0.2, -0.15) is 0 Å². The van der Waals surface area contributed by atoms with E-state index in [0.29, 0.717) is 22.6 Å². The van der Waals surface area contributed by atoms with Crippen molar-refractivity contribution in [2.45, 2.75) is 26.6 Å². The molecule has 23 heavy (non-hydrogen) atoms. The Morgan fingerprint density at radius 1 is 1.13 bits per heavy atom. The van der Waals surface area contributed by atoms with Gasteiger partial charge in [0.15, 0.2) is 0 Å². The van der Waals surface area contributed by atoms with Gasteiger partial charge < -0.3 is 4.42 Å². The van der Waals surface area contributed by atoms with Crippen molar-refractivity contribution in [3.63, 3.8) is 0 Å². The molecule has 0 aliphatic carbocycles. The van der Waals surface area contributed by atoms with E-state index in [2.05, 4.69) is 9.97 Å². The van der Waals surface area contributed by atoms with Crippen molar-refractivity contribution >= 4 is 22.1 Å². The monoisotopic (exact) mass is 306 g/mol. The van der Waals surface area contributed by atoms with Crippen molar-refractivity contribution in [3.05, 3.63) is 59.9 Å². The molecular weight excluding hydrogens is 284 g/mol. The third-order valence-electron chi connectivity index (χ3n) is 3.98. The molecule has 114 valence electrons. The van der Waals surface area contributed by atoms with Crippen LogP contribution in [0.25, 0.3) is 33.3 Å². The van der Waals surface area contributed by atoms with E-state index in [1.807, 2.05) is 37.3 Å². The van der Waals surface area contributed by atoms with Gasteiger partial charge >= 0.3 is 0 Å². The van der Waals surface area contributed by atoms with Gasteiger partial charge in [0.05, 0.1) is 5.69 Å². The van der Waals surface area contributed by atoms with Gasteiger partial charge in [0.1, 0.15) is 5.58 Å². The van der Waals surface area contributed by atoms with Crippen molar-refractivity contribution in [3.8, 4) is 11.3 Å². The summed E-state index contributed by atoms with van der Waals surface area (Å²) < 4.78 is 36.9. The summed E-state index contributed by atoms with van der Waals surface area (Å²) in [5, 5.41) is 1.89. The summed E-state index contributed by atoms with van der Waals surface area (Å²) in [6.07, 6.45) is 1.46. The average Bonchev–Trinajstić information content (AvgIpc) is 2.98. The molecule has 0 spiro atoms. The second-order valence-electron chi connectivity index (χ2n) is 5.65. The molecule has 0 aliphatic rings. The fourth-order valence-electron chi connectivity index (χ4n) is 2.75. The molecule has 0 fully saturated rings. The summed E-state index contributed by atoms with van der Waals surface area (Å²) >= 11 is 0. The van der Waals surface area contributed by atoms with Crippen molar-refractivity contribution in [2.75, 3.05) is 0 Å². The highest BCUT2D eigenvalue weighted by Crippen LogP contribution is 2.34. The molecule has 0 saturated carbocycles. The van der Waals surface area contributed by atoms with Crippen LogP contribution in [-0.2, 0) is 0 Å². The molecule has 0 N–H and O–H groups in total. The lowest BCUT2D eigenvalue weighted by molar-refractivity contribution is 0.653. The molecule has 3 heterocycles. The fourth-order valence-corrected chi connectivity index (χ4v) is 2.75. The molecule has 1 atom stereocenters. The van der Waals surface area contributed by atoms with E-state index in [-0.39, 0.29) is 0 Å². The van der Waals surface area contributed by atoms with E-state index in [1.165, 1.54) is 13.1 Å². The molecule has 4 rings (SSSR count). The molecule has 0 aliphatic heterocycles. The van der Waals surface area contributed by atoms with Crippen LogP contribution in [0.1, 0.15) is 36.4 Å². The summed E-state index contributed by atoms with van der Waals surface area (Å²) in [4.78, 5) is 8.86. The summed E-state index contributed by atoms with van der Waals surface area (Å²) in [5.41, 5.74) is 3.95. The minimum absolute atomic E-state index is 0.348. The molecule has 4 aromatic rings. The highest BCUT2D eigenvalue weighted by molar-refractivity contribution is 6.08. The number of aryl methyl sites for hydroxylation is 1. The number of fused-ring (bicyclic) bond motifs is 3. The SMILES string of the molecule is [2H]C([2H])([2H])C([2H])(C)c1ccc(-c2cccc3c2oc2nc(C)ccc23)nc1. The number of furan rings is 1. The predicted molar refractivity (Wildman–Crippen MR) is 93.6 cm³/mol. The van der Waals surface area contributed by atoms with Crippen LogP contribution in [0, 0.1) is 6.92 Å². The van der Waals surface area contributed by atoms with Crippen molar-refractivity contribution in [2.24, 2.45) is 0 Å². The van der Waals surface area contributed by atoms with Crippen molar-refractivity contribution in [1.82, 2.24) is 9.97 Å². The van der Waals surface area contributed by atoms with E-state index in [1.54, 1.807) is 12.1 Å². The van der Waals surface area contributed by atoms with Crippen LogP contribution in [0.4, 0.5) is 0 Å². The van der Waals surface area contributed by atoms with Crippen molar-refractivity contribution < 1.29 is 9.90 Å². The number of para-hydroxylation sites is 1.